The van der Waals surface area contributed by atoms with Crippen molar-refractivity contribution in [3.63, 3.8) is 0 Å². The summed E-state index contributed by atoms with van der Waals surface area (Å²) in [5.74, 6) is -1.11. The smallest absolute Gasteiger partial charge is 0.369 e. The van der Waals surface area contributed by atoms with E-state index in [1.165, 1.54) is 6.07 Å². The number of rotatable bonds is 11. The van der Waals surface area contributed by atoms with Crippen molar-refractivity contribution in [1.82, 2.24) is 20.5 Å². The minimum absolute atomic E-state index is 0.0882. The fraction of sp³-hybridized carbons (Fsp3) is 0.308. The number of carbonyl (C=O) groups excluding carboxylic acids is 3. The average molecular weight is 729 g/mol. The first-order valence-corrected chi connectivity index (χ1v) is 17.4. The predicted molar refractivity (Wildman–Crippen MR) is 203 cm³/mol. The van der Waals surface area contributed by atoms with Crippen LogP contribution in [0.4, 0.5) is 41.6 Å². The van der Waals surface area contributed by atoms with Gasteiger partial charge in [-0.25, -0.2) is 0 Å². The van der Waals surface area contributed by atoms with Gasteiger partial charge in [0.15, 0.2) is 0 Å². The number of amides is 3. The van der Waals surface area contributed by atoms with Crippen molar-refractivity contribution in [3.05, 3.63) is 99.9 Å². The molecule has 6 rings (SSSR count). The summed E-state index contributed by atoms with van der Waals surface area (Å²) in [6.45, 7) is 7.55. The molecule has 14 heteroatoms. The molecule has 4 aromatic rings. The maximum atomic E-state index is 13.9. The Hall–Kier alpha value is -5.60. The third-order valence-electron chi connectivity index (χ3n) is 9.47. The van der Waals surface area contributed by atoms with Gasteiger partial charge in [-0.15, -0.1) is 0 Å². The molecule has 0 atom stereocenters. The molecule has 6 N–H and O–H groups in total. The number of aryl methyl sites for hydroxylation is 1. The summed E-state index contributed by atoms with van der Waals surface area (Å²) < 4.78 is 41.6. The van der Waals surface area contributed by atoms with Crippen LogP contribution in [-0.4, -0.2) is 81.0 Å². The van der Waals surface area contributed by atoms with Crippen LogP contribution in [0.5, 0.6) is 0 Å². The molecule has 0 aliphatic carbocycles. The van der Waals surface area contributed by atoms with Crippen LogP contribution in [0, 0.1) is 13.8 Å². The number of aromatic amines is 1. The van der Waals surface area contributed by atoms with Crippen molar-refractivity contribution < 1.29 is 27.6 Å². The van der Waals surface area contributed by atoms with Gasteiger partial charge in [-0.3, -0.25) is 14.4 Å². The molecule has 0 spiro atoms. The first-order chi connectivity index (χ1) is 25.3. The molecule has 53 heavy (non-hydrogen) atoms. The standard InChI is InChI=1S/C39H43F3N8O3/c1-23-33(45-24(2)35(23)38(53)44-12-6-11-43-3)22-32-31-10-9-29(21-34(31)48-37(32)52)46-27-7-5-8-28(20-27)47-36(51)25-17-26(39(40,41)42)19-30(18-25)50-15-13-49(4)14-16-50/h5,7-10,17-22,43,45-46H,6,11-16H2,1-4H3,(H,44,53)(H,47,51)(H,48,52)/b32-22-. The molecule has 11 nitrogen and oxygen atoms in total. The quantitative estimate of drug-likeness (QED) is 0.0797. The number of alkyl halides is 3. The topological polar surface area (TPSA) is 134 Å². The number of anilines is 5. The van der Waals surface area contributed by atoms with Gasteiger partial charge in [0.2, 0.25) is 0 Å². The summed E-state index contributed by atoms with van der Waals surface area (Å²) in [5, 5.41) is 14.9. The number of hydrogen-bond donors (Lipinski definition) is 6. The lowest BCUT2D eigenvalue weighted by atomic mass is 10.0. The van der Waals surface area contributed by atoms with E-state index in [-0.39, 0.29) is 17.4 Å². The van der Waals surface area contributed by atoms with Crippen molar-refractivity contribution in [2.75, 3.05) is 74.2 Å². The molecule has 2 aliphatic heterocycles. The van der Waals surface area contributed by atoms with Crippen LogP contribution in [0.15, 0.2) is 60.7 Å². The molecule has 2 aliphatic rings. The Balaban J connectivity index is 1.16. The molecular formula is C39H43F3N8O3. The summed E-state index contributed by atoms with van der Waals surface area (Å²) in [6, 6.07) is 15.7. The van der Waals surface area contributed by atoms with Gasteiger partial charge in [0, 0.05) is 78.0 Å². The van der Waals surface area contributed by atoms with E-state index >= 15 is 0 Å². The van der Waals surface area contributed by atoms with E-state index < -0.39 is 17.6 Å². The van der Waals surface area contributed by atoms with Crippen LogP contribution in [-0.2, 0) is 11.0 Å². The second-order valence-electron chi connectivity index (χ2n) is 13.4. The van der Waals surface area contributed by atoms with Crippen LogP contribution >= 0.6 is 0 Å². The highest BCUT2D eigenvalue weighted by Crippen LogP contribution is 2.37. The van der Waals surface area contributed by atoms with E-state index in [1.54, 1.807) is 36.4 Å². The largest absolute Gasteiger partial charge is 0.416 e. The molecule has 1 fully saturated rings. The van der Waals surface area contributed by atoms with Gasteiger partial charge in [-0.05, 0) is 101 Å². The number of aromatic nitrogens is 1. The van der Waals surface area contributed by atoms with Crippen LogP contribution < -0.4 is 31.5 Å². The Morgan fingerprint density at radius 3 is 2.38 bits per heavy atom. The lowest BCUT2D eigenvalue weighted by molar-refractivity contribution is -0.137. The first kappa shape index (κ1) is 37.2. The molecular weight excluding hydrogens is 685 g/mol. The summed E-state index contributed by atoms with van der Waals surface area (Å²) in [5.41, 5.74) is 5.48. The second kappa shape index (κ2) is 15.6. The van der Waals surface area contributed by atoms with E-state index in [0.29, 0.717) is 89.2 Å². The van der Waals surface area contributed by atoms with Crippen LogP contribution in [0.3, 0.4) is 0 Å². The van der Waals surface area contributed by atoms with Gasteiger partial charge < -0.3 is 41.4 Å². The van der Waals surface area contributed by atoms with Crippen molar-refractivity contribution in [1.29, 1.82) is 0 Å². The zero-order valence-electron chi connectivity index (χ0n) is 30.1. The lowest BCUT2D eigenvalue weighted by Gasteiger charge is -2.34. The monoisotopic (exact) mass is 728 g/mol. The fourth-order valence-electron chi connectivity index (χ4n) is 6.57. The molecule has 3 heterocycles. The zero-order valence-corrected chi connectivity index (χ0v) is 30.1. The molecule has 0 radical (unpaired) electrons. The van der Waals surface area contributed by atoms with Crippen molar-refractivity contribution >= 4 is 57.8 Å². The third-order valence-corrected chi connectivity index (χ3v) is 9.47. The van der Waals surface area contributed by atoms with Crippen molar-refractivity contribution in [2.24, 2.45) is 0 Å². The summed E-state index contributed by atoms with van der Waals surface area (Å²) in [6.07, 6.45) is -2.06. The van der Waals surface area contributed by atoms with Gasteiger partial charge in [0.25, 0.3) is 17.7 Å². The summed E-state index contributed by atoms with van der Waals surface area (Å²) >= 11 is 0. The normalized spacial score (nSPS) is 15.3. The van der Waals surface area contributed by atoms with Crippen molar-refractivity contribution in [2.45, 2.75) is 26.4 Å². The maximum absolute atomic E-state index is 13.9. The first-order valence-electron chi connectivity index (χ1n) is 17.4. The van der Waals surface area contributed by atoms with E-state index in [1.807, 2.05) is 45.0 Å². The highest BCUT2D eigenvalue weighted by atomic mass is 19.4. The Bertz CT molecular complexity index is 2060. The Morgan fingerprint density at radius 1 is 0.906 bits per heavy atom. The molecule has 0 saturated carbocycles. The van der Waals surface area contributed by atoms with Gasteiger partial charge in [0.1, 0.15) is 0 Å². The van der Waals surface area contributed by atoms with Crippen LogP contribution in [0.2, 0.25) is 0 Å². The van der Waals surface area contributed by atoms with Crippen LogP contribution in [0.1, 0.15) is 55.2 Å². The molecule has 3 amide bonds. The predicted octanol–water partition coefficient (Wildman–Crippen LogP) is 6.23. The molecule has 0 unspecified atom stereocenters. The minimum atomic E-state index is -4.61. The number of likely N-dealkylation sites (N-methyl/N-ethyl adjacent to an activating group) is 1. The average Bonchev–Trinajstić information content (AvgIpc) is 3.58. The number of hydrogen-bond acceptors (Lipinski definition) is 7. The maximum Gasteiger partial charge on any atom is 0.416 e. The van der Waals surface area contributed by atoms with Gasteiger partial charge in [0.05, 0.1) is 22.4 Å². The number of nitrogens with zero attached hydrogens (tertiary/aromatic N) is 2. The van der Waals surface area contributed by atoms with E-state index in [9.17, 15) is 27.6 Å². The second-order valence-corrected chi connectivity index (χ2v) is 13.4. The lowest BCUT2D eigenvalue weighted by Crippen LogP contribution is -2.44. The van der Waals surface area contributed by atoms with Crippen LogP contribution in [0.25, 0.3) is 11.6 Å². The minimum Gasteiger partial charge on any atom is -0.369 e. The number of H-pyrrole nitrogens is 1. The van der Waals surface area contributed by atoms with E-state index in [4.69, 9.17) is 0 Å². The van der Waals surface area contributed by atoms with E-state index in [2.05, 4.69) is 36.5 Å². The number of halogens is 3. The van der Waals surface area contributed by atoms with Gasteiger partial charge in [-0.2, -0.15) is 13.2 Å². The van der Waals surface area contributed by atoms with E-state index in [0.717, 1.165) is 30.7 Å². The molecule has 278 valence electrons. The fourth-order valence-corrected chi connectivity index (χ4v) is 6.57. The van der Waals surface area contributed by atoms with Gasteiger partial charge >= 0.3 is 6.18 Å². The third kappa shape index (κ3) is 8.56. The zero-order chi connectivity index (χ0) is 37.9. The molecule has 1 aromatic heterocycles. The molecule has 1 saturated heterocycles. The Morgan fingerprint density at radius 2 is 1.64 bits per heavy atom. The number of nitrogens with one attached hydrogen (secondary N) is 6. The van der Waals surface area contributed by atoms with Gasteiger partial charge in [-0.1, -0.05) is 12.1 Å². The Kier molecular flexibility index (Phi) is 10.9. The number of carbonyl (C=O) groups is 3. The number of benzene rings is 3. The Labute approximate surface area is 306 Å². The molecule has 0 bridgehead atoms. The van der Waals surface area contributed by atoms with Crippen molar-refractivity contribution in [3.8, 4) is 0 Å². The number of fused-ring (bicyclic) bond motifs is 1. The SMILES string of the molecule is CNCCCNC(=O)c1c(C)[nH]c(/C=C2\C(=O)Nc3cc(Nc4cccc(NC(=O)c5cc(N6CCN(C)CC6)cc(C(F)(F)F)c5)c4)ccc32)c1C. The summed E-state index contributed by atoms with van der Waals surface area (Å²) in [4.78, 5) is 46.5. The highest BCUT2D eigenvalue weighted by molar-refractivity contribution is 6.35. The molecule has 3 aromatic carbocycles. The highest BCUT2D eigenvalue weighted by Gasteiger charge is 2.33. The number of piperazine rings is 1. The summed E-state index contributed by atoms with van der Waals surface area (Å²) in [7, 11) is 3.82.